The lowest BCUT2D eigenvalue weighted by Crippen LogP contribution is -2.43. The van der Waals surface area contributed by atoms with Crippen LogP contribution in [-0.4, -0.2) is 43.1 Å². The fraction of sp³-hybridized carbons (Fsp3) is 0.412. The van der Waals surface area contributed by atoms with Gasteiger partial charge in [0.1, 0.15) is 5.75 Å². The molecule has 0 bridgehead atoms. The minimum atomic E-state index is 0.156. The van der Waals surface area contributed by atoms with Crippen molar-refractivity contribution in [1.82, 2.24) is 10.2 Å². The van der Waals surface area contributed by atoms with Gasteiger partial charge in [0.15, 0.2) is 5.82 Å². The van der Waals surface area contributed by atoms with Crippen LogP contribution in [-0.2, 0) is 11.2 Å². The molecule has 5 heteroatoms. The second-order valence-electron chi connectivity index (χ2n) is 5.53. The summed E-state index contributed by atoms with van der Waals surface area (Å²) in [5.74, 6) is 1.80. The summed E-state index contributed by atoms with van der Waals surface area (Å²) in [6.45, 7) is 4.34. The molecule has 3 rings (SSSR count). The predicted octanol–water partition coefficient (Wildman–Crippen LogP) is 2.24. The van der Waals surface area contributed by atoms with E-state index in [-0.39, 0.29) is 6.10 Å². The normalized spacial score (nSPS) is 18.3. The Morgan fingerprint density at radius 1 is 1.27 bits per heavy atom. The van der Waals surface area contributed by atoms with Gasteiger partial charge in [-0.2, -0.15) is 5.10 Å². The number of morpholine rings is 1. The van der Waals surface area contributed by atoms with Crippen molar-refractivity contribution < 1.29 is 9.47 Å². The van der Waals surface area contributed by atoms with Crippen molar-refractivity contribution in [1.29, 1.82) is 0 Å². The number of aromatic nitrogens is 2. The molecule has 1 unspecified atom stereocenters. The number of benzene rings is 1. The van der Waals surface area contributed by atoms with Crippen molar-refractivity contribution in [2.75, 3.05) is 31.7 Å². The Balaban J connectivity index is 1.66. The first-order valence-electron chi connectivity index (χ1n) is 7.54. The average molecular weight is 299 g/mol. The van der Waals surface area contributed by atoms with E-state index >= 15 is 0 Å². The Labute approximate surface area is 130 Å². The molecule has 1 aromatic carbocycles. The highest BCUT2D eigenvalue weighted by Gasteiger charge is 2.22. The van der Waals surface area contributed by atoms with Gasteiger partial charge >= 0.3 is 0 Å². The number of rotatable bonds is 4. The van der Waals surface area contributed by atoms with Crippen LogP contribution < -0.4 is 9.64 Å². The summed E-state index contributed by atoms with van der Waals surface area (Å²) in [6.07, 6.45) is 1.02. The third kappa shape index (κ3) is 3.54. The van der Waals surface area contributed by atoms with Crippen molar-refractivity contribution in [3.05, 3.63) is 47.7 Å². The zero-order chi connectivity index (χ0) is 15.4. The molecule has 1 atom stereocenters. The zero-order valence-corrected chi connectivity index (χ0v) is 13.0. The number of anilines is 1. The van der Waals surface area contributed by atoms with Gasteiger partial charge in [0.05, 0.1) is 25.5 Å². The van der Waals surface area contributed by atoms with E-state index in [2.05, 4.69) is 27.2 Å². The van der Waals surface area contributed by atoms with Gasteiger partial charge in [-0.05, 0) is 36.8 Å². The molecular formula is C17H21N3O2. The largest absolute Gasteiger partial charge is 0.497 e. The van der Waals surface area contributed by atoms with Crippen LogP contribution in [0.4, 0.5) is 5.82 Å². The maximum absolute atomic E-state index is 5.90. The summed E-state index contributed by atoms with van der Waals surface area (Å²) in [5, 5.41) is 8.41. The number of nitrogens with zero attached hydrogens (tertiary/aromatic N) is 3. The minimum Gasteiger partial charge on any atom is -0.497 e. The lowest BCUT2D eigenvalue weighted by atomic mass is 10.1. The van der Waals surface area contributed by atoms with E-state index in [1.807, 2.05) is 31.2 Å². The van der Waals surface area contributed by atoms with Crippen LogP contribution in [0.1, 0.15) is 11.3 Å². The van der Waals surface area contributed by atoms with Crippen LogP contribution in [0.3, 0.4) is 0 Å². The Morgan fingerprint density at radius 2 is 2.18 bits per heavy atom. The molecule has 5 nitrogen and oxygen atoms in total. The highest BCUT2D eigenvalue weighted by atomic mass is 16.5. The molecule has 0 aliphatic carbocycles. The number of hydrogen-bond donors (Lipinski definition) is 0. The van der Waals surface area contributed by atoms with Crippen LogP contribution in [0, 0.1) is 6.92 Å². The van der Waals surface area contributed by atoms with Gasteiger partial charge in [-0.1, -0.05) is 12.1 Å². The molecule has 1 aliphatic rings. The van der Waals surface area contributed by atoms with Crippen LogP contribution >= 0.6 is 0 Å². The lowest BCUT2D eigenvalue weighted by molar-refractivity contribution is 0.0407. The van der Waals surface area contributed by atoms with Crippen LogP contribution in [0.2, 0.25) is 0 Å². The first-order valence-corrected chi connectivity index (χ1v) is 7.54. The standard InChI is InChI=1S/C17H21N3O2/c1-13-6-7-17(19-18-13)20-8-9-22-16(12-20)11-14-4-3-5-15(10-14)21-2/h3-7,10,16H,8-9,11-12H2,1-2H3. The van der Waals surface area contributed by atoms with Crippen molar-refractivity contribution in [3.63, 3.8) is 0 Å². The third-order valence-corrected chi connectivity index (χ3v) is 3.84. The maximum atomic E-state index is 5.90. The van der Waals surface area contributed by atoms with E-state index in [4.69, 9.17) is 9.47 Å². The molecule has 0 saturated carbocycles. The predicted molar refractivity (Wildman–Crippen MR) is 85.4 cm³/mol. The van der Waals surface area contributed by atoms with Gasteiger partial charge < -0.3 is 14.4 Å². The van der Waals surface area contributed by atoms with Crippen LogP contribution in [0.25, 0.3) is 0 Å². The fourth-order valence-electron chi connectivity index (χ4n) is 2.67. The monoisotopic (exact) mass is 299 g/mol. The van der Waals surface area contributed by atoms with Gasteiger partial charge in [0.2, 0.25) is 0 Å². The molecule has 0 spiro atoms. The van der Waals surface area contributed by atoms with E-state index in [0.717, 1.165) is 36.8 Å². The summed E-state index contributed by atoms with van der Waals surface area (Å²) in [6, 6.07) is 12.2. The smallest absolute Gasteiger partial charge is 0.151 e. The number of ether oxygens (including phenoxy) is 2. The van der Waals surface area contributed by atoms with E-state index in [9.17, 15) is 0 Å². The van der Waals surface area contributed by atoms with Crippen molar-refractivity contribution >= 4 is 5.82 Å². The van der Waals surface area contributed by atoms with Crippen LogP contribution in [0.5, 0.6) is 5.75 Å². The molecule has 0 amide bonds. The molecule has 1 aliphatic heterocycles. The molecule has 2 heterocycles. The summed E-state index contributed by atoms with van der Waals surface area (Å²) >= 11 is 0. The molecular weight excluding hydrogens is 278 g/mol. The van der Waals surface area contributed by atoms with E-state index in [1.54, 1.807) is 7.11 Å². The summed E-state index contributed by atoms with van der Waals surface area (Å²) in [7, 11) is 1.69. The molecule has 22 heavy (non-hydrogen) atoms. The Kier molecular flexibility index (Phi) is 4.53. The first kappa shape index (κ1) is 14.8. The molecule has 1 fully saturated rings. The molecule has 1 saturated heterocycles. The number of methoxy groups -OCH3 is 1. The SMILES string of the molecule is COc1cccc(CC2CN(c3ccc(C)nn3)CCO2)c1. The van der Waals surface area contributed by atoms with Crippen molar-refractivity contribution in [2.24, 2.45) is 0 Å². The van der Waals surface area contributed by atoms with Gasteiger partial charge in [0.25, 0.3) is 0 Å². The van der Waals surface area contributed by atoms with E-state index in [0.29, 0.717) is 6.61 Å². The first-order chi connectivity index (χ1) is 10.7. The maximum Gasteiger partial charge on any atom is 0.151 e. The molecule has 1 aromatic heterocycles. The highest BCUT2D eigenvalue weighted by Crippen LogP contribution is 2.19. The van der Waals surface area contributed by atoms with Gasteiger partial charge in [-0.3, -0.25) is 0 Å². The summed E-state index contributed by atoms with van der Waals surface area (Å²) in [4.78, 5) is 2.24. The number of aryl methyl sites for hydroxylation is 1. The summed E-state index contributed by atoms with van der Waals surface area (Å²) in [5.41, 5.74) is 2.16. The average Bonchev–Trinajstić information content (AvgIpc) is 2.56. The van der Waals surface area contributed by atoms with Crippen molar-refractivity contribution in [3.8, 4) is 5.75 Å². The Hall–Kier alpha value is -2.14. The lowest BCUT2D eigenvalue weighted by Gasteiger charge is -2.33. The van der Waals surface area contributed by atoms with Gasteiger partial charge in [-0.15, -0.1) is 5.10 Å². The molecule has 2 aromatic rings. The molecule has 0 N–H and O–H groups in total. The molecule has 116 valence electrons. The highest BCUT2D eigenvalue weighted by molar-refractivity contribution is 5.38. The summed E-state index contributed by atoms with van der Waals surface area (Å²) < 4.78 is 11.2. The second kappa shape index (κ2) is 6.75. The van der Waals surface area contributed by atoms with E-state index < -0.39 is 0 Å². The fourth-order valence-corrected chi connectivity index (χ4v) is 2.67. The second-order valence-corrected chi connectivity index (χ2v) is 5.53. The number of hydrogen-bond acceptors (Lipinski definition) is 5. The zero-order valence-electron chi connectivity index (χ0n) is 13.0. The molecule has 0 radical (unpaired) electrons. The topological polar surface area (TPSA) is 47.5 Å². The van der Waals surface area contributed by atoms with Gasteiger partial charge in [0, 0.05) is 19.5 Å². The third-order valence-electron chi connectivity index (χ3n) is 3.84. The van der Waals surface area contributed by atoms with Crippen molar-refractivity contribution in [2.45, 2.75) is 19.4 Å². The Bertz CT molecular complexity index is 616. The minimum absolute atomic E-state index is 0.156. The van der Waals surface area contributed by atoms with Gasteiger partial charge in [-0.25, -0.2) is 0 Å². The quantitative estimate of drug-likeness (QED) is 0.866. The van der Waals surface area contributed by atoms with Crippen LogP contribution in [0.15, 0.2) is 36.4 Å². The Morgan fingerprint density at radius 3 is 2.95 bits per heavy atom. The van der Waals surface area contributed by atoms with E-state index in [1.165, 1.54) is 5.56 Å².